The molecule has 5 heteroatoms. The van der Waals surface area contributed by atoms with Gasteiger partial charge in [0.1, 0.15) is 0 Å². The standard InChI is InChI=1S/C7H17NO3S/c1-4-5-8(3)12(10,11)7(2)6-9/h7,9H,4-6H2,1-3H3. The molecule has 1 N–H and O–H groups in total. The summed E-state index contributed by atoms with van der Waals surface area (Å²) in [6, 6.07) is 0. The van der Waals surface area contributed by atoms with Gasteiger partial charge in [0.25, 0.3) is 0 Å². The molecule has 0 spiro atoms. The highest BCUT2D eigenvalue weighted by atomic mass is 32.2. The molecule has 0 aliphatic heterocycles. The number of sulfonamides is 1. The van der Waals surface area contributed by atoms with Crippen molar-refractivity contribution >= 4 is 10.0 Å². The summed E-state index contributed by atoms with van der Waals surface area (Å²) < 4.78 is 24.1. The van der Waals surface area contributed by atoms with Crippen LogP contribution in [0, 0.1) is 0 Å². The molecule has 12 heavy (non-hydrogen) atoms. The summed E-state index contributed by atoms with van der Waals surface area (Å²) in [5.74, 6) is 0. The Morgan fingerprint density at radius 3 is 2.33 bits per heavy atom. The molecular formula is C7H17NO3S. The summed E-state index contributed by atoms with van der Waals surface area (Å²) >= 11 is 0. The van der Waals surface area contributed by atoms with Gasteiger partial charge >= 0.3 is 0 Å². The Morgan fingerprint density at radius 2 is 2.00 bits per heavy atom. The average molecular weight is 195 g/mol. The third kappa shape index (κ3) is 2.73. The van der Waals surface area contributed by atoms with Gasteiger partial charge in [-0.2, -0.15) is 0 Å². The summed E-state index contributed by atoms with van der Waals surface area (Å²) in [4.78, 5) is 0. The highest BCUT2D eigenvalue weighted by Crippen LogP contribution is 2.06. The van der Waals surface area contributed by atoms with Crippen LogP contribution in [0.4, 0.5) is 0 Å². The van der Waals surface area contributed by atoms with E-state index in [1.54, 1.807) is 0 Å². The van der Waals surface area contributed by atoms with Crippen molar-refractivity contribution in [3.8, 4) is 0 Å². The molecule has 0 radical (unpaired) electrons. The van der Waals surface area contributed by atoms with Crippen LogP contribution in [0.5, 0.6) is 0 Å². The fourth-order valence-corrected chi connectivity index (χ4v) is 2.08. The fraction of sp³-hybridized carbons (Fsp3) is 1.00. The second-order valence-electron chi connectivity index (χ2n) is 2.86. The Balaban J connectivity index is 4.39. The van der Waals surface area contributed by atoms with E-state index >= 15 is 0 Å². The van der Waals surface area contributed by atoms with Gasteiger partial charge in [-0.25, -0.2) is 12.7 Å². The fourth-order valence-electron chi connectivity index (χ4n) is 0.844. The van der Waals surface area contributed by atoms with E-state index in [0.717, 1.165) is 6.42 Å². The zero-order chi connectivity index (χ0) is 9.78. The summed E-state index contributed by atoms with van der Waals surface area (Å²) in [7, 11) is -1.74. The molecule has 1 atom stereocenters. The number of hydrogen-bond acceptors (Lipinski definition) is 3. The molecule has 0 saturated heterocycles. The molecule has 0 rings (SSSR count). The van der Waals surface area contributed by atoms with Gasteiger partial charge in [-0.3, -0.25) is 0 Å². The normalized spacial score (nSPS) is 15.1. The first kappa shape index (κ1) is 11.9. The lowest BCUT2D eigenvalue weighted by molar-refractivity contribution is 0.291. The Hall–Kier alpha value is -0.130. The van der Waals surface area contributed by atoms with Gasteiger partial charge in [0.05, 0.1) is 11.9 Å². The molecule has 0 aliphatic rings. The summed E-state index contributed by atoms with van der Waals surface area (Å²) in [6.07, 6.45) is 0.786. The molecule has 1 unspecified atom stereocenters. The van der Waals surface area contributed by atoms with Crippen LogP contribution in [0.15, 0.2) is 0 Å². The largest absolute Gasteiger partial charge is 0.395 e. The first-order valence-electron chi connectivity index (χ1n) is 4.02. The van der Waals surface area contributed by atoms with Crippen LogP contribution in [0.3, 0.4) is 0 Å². The van der Waals surface area contributed by atoms with Crippen LogP contribution >= 0.6 is 0 Å². The first-order valence-corrected chi connectivity index (χ1v) is 5.53. The average Bonchev–Trinajstić information content (AvgIpc) is 2.03. The van der Waals surface area contributed by atoms with E-state index in [4.69, 9.17) is 5.11 Å². The van der Waals surface area contributed by atoms with E-state index < -0.39 is 15.3 Å². The Kier molecular flexibility index (Phi) is 4.74. The van der Waals surface area contributed by atoms with Gasteiger partial charge < -0.3 is 5.11 Å². The zero-order valence-electron chi connectivity index (χ0n) is 7.82. The number of aliphatic hydroxyl groups excluding tert-OH is 1. The predicted octanol–water partition coefficient (Wildman–Crippen LogP) is 0.0388. The molecule has 0 aromatic rings. The van der Waals surface area contributed by atoms with Gasteiger partial charge in [-0.15, -0.1) is 0 Å². The molecule has 0 aromatic carbocycles. The number of hydrogen-bond donors (Lipinski definition) is 1. The predicted molar refractivity (Wildman–Crippen MR) is 48.4 cm³/mol. The Bertz CT molecular complexity index is 213. The van der Waals surface area contributed by atoms with Crippen LogP contribution in [0.25, 0.3) is 0 Å². The topological polar surface area (TPSA) is 57.6 Å². The van der Waals surface area contributed by atoms with Crippen LogP contribution < -0.4 is 0 Å². The number of nitrogens with zero attached hydrogens (tertiary/aromatic N) is 1. The van der Waals surface area contributed by atoms with Crippen molar-refractivity contribution in [3.05, 3.63) is 0 Å². The van der Waals surface area contributed by atoms with Gasteiger partial charge in [-0.05, 0) is 13.3 Å². The minimum Gasteiger partial charge on any atom is -0.395 e. The molecule has 0 saturated carbocycles. The van der Waals surface area contributed by atoms with E-state index in [0.29, 0.717) is 6.54 Å². The van der Waals surface area contributed by atoms with E-state index in [1.165, 1.54) is 18.3 Å². The molecule has 0 heterocycles. The third-order valence-corrected chi connectivity index (χ3v) is 3.96. The molecule has 0 aliphatic carbocycles. The molecule has 0 aromatic heterocycles. The summed E-state index contributed by atoms with van der Waals surface area (Å²) in [5.41, 5.74) is 0. The first-order chi connectivity index (χ1) is 5.46. The summed E-state index contributed by atoms with van der Waals surface area (Å²) in [6.45, 7) is 3.60. The molecule has 0 fully saturated rings. The third-order valence-electron chi connectivity index (χ3n) is 1.74. The monoisotopic (exact) mass is 195 g/mol. The van der Waals surface area contributed by atoms with Crippen molar-refractivity contribution < 1.29 is 13.5 Å². The van der Waals surface area contributed by atoms with E-state index in [-0.39, 0.29) is 6.61 Å². The highest BCUT2D eigenvalue weighted by molar-refractivity contribution is 7.89. The molecule has 4 nitrogen and oxygen atoms in total. The van der Waals surface area contributed by atoms with E-state index in [2.05, 4.69) is 0 Å². The van der Waals surface area contributed by atoms with Gasteiger partial charge in [0.15, 0.2) is 0 Å². The lowest BCUT2D eigenvalue weighted by Gasteiger charge is -2.19. The second-order valence-corrected chi connectivity index (χ2v) is 5.32. The minimum absolute atomic E-state index is 0.323. The van der Waals surface area contributed by atoms with Crippen LogP contribution in [-0.4, -0.2) is 43.3 Å². The highest BCUT2D eigenvalue weighted by Gasteiger charge is 2.24. The van der Waals surface area contributed by atoms with E-state index in [1.807, 2.05) is 6.92 Å². The van der Waals surface area contributed by atoms with Gasteiger partial charge in [-0.1, -0.05) is 6.92 Å². The number of rotatable bonds is 5. The van der Waals surface area contributed by atoms with Gasteiger partial charge in [0, 0.05) is 13.6 Å². The van der Waals surface area contributed by atoms with Crippen molar-refractivity contribution in [2.24, 2.45) is 0 Å². The second kappa shape index (κ2) is 4.79. The number of aliphatic hydroxyl groups is 1. The van der Waals surface area contributed by atoms with Crippen molar-refractivity contribution in [1.82, 2.24) is 4.31 Å². The maximum Gasteiger partial charge on any atom is 0.218 e. The molecule has 0 amide bonds. The quantitative estimate of drug-likeness (QED) is 0.674. The summed E-state index contributed by atoms with van der Waals surface area (Å²) in [5, 5.41) is 7.98. The molecule has 74 valence electrons. The van der Waals surface area contributed by atoms with Crippen LogP contribution in [-0.2, 0) is 10.0 Å². The maximum absolute atomic E-state index is 11.4. The van der Waals surface area contributed by atoms with Crippen LogP contribution in [0.1, 0.15) is 20.3 Å². The van der Waals surface area contributed by atoms with Crippen molar-refractivity contribution in [3.63, 3.8) is 0 Å². The van der Waals surface area contributed by atoms with Crippen molar-refractivity contribution in [2.45, 2.75) is 25.5 Å². The van der Waals surface area contributed by atoms with Crippen molar-refractivity contribution in [2.75, 3.05) is 20.2 Å². The lowest BCUT2D eigenvalue weighted by atomic mass is 10.5. The molecular weight excluding hydrogens is 178 g/mol. The molecule has 0 bridgehead atoms. The van der Waals surface area contributed by atoms with Gasteiger partial charge in [0.2, 0.25) is 10.0 Å². The SMILES string of the molecule is CCCN(C)S(=O)(=O)C(C)CO. The van der Waals surface area contributed by atoms with Crippen LogP contribution in [0.2, 0.25) is 0 Å². The Labute approximate surface area is 74.2 Å². The zero-order valence-corrected chi connectivity index (χ0v) is 8.63. The minimum atomic E-state index is -3.27. The van der Waals surface area contributed by atoms with E-state index in [9.17, 15) is 8.42 Å². The van der Waals surface area contributed by atoms with Crippen molar-refractivity contribution in [1.29, 1.82) is 0 Å². The lowest BCUT2D eigenvalue weighted by Crippen LogP contribution is -2.36. The Morgan fingerprint density at radius 1 is 1.50 bits per heavy atom. The maximum atomic E-state index is 11.4. The smallest absolute Gasteiger partial charge is 0.218 e.